The average Bonchev–Trinajstić information content (AvgIpc) is 2.48. The van der Waals surface area contributed by atoms with Crippen LogP contribution in [0.2, 0.25) is 0 Å². The van der Waals surface area contributed by atoms with Crippen LogP contribution in [0.15, 0.2) is 36.4 Å². The Kier molecular flexibility index (Phi) is 4.39. The molecule has 104 valence electrons. The van der Waals surface area contributed by atoms with Crippen LogP contribution >= 0.6 is 0 Å². The maximum atomic E-state index is 12.6. The maximum absolute atomic E-state index is 12.6. The third kappa shape index (κ3) is 2.82. The van der Waals surface area contributed by atoms with Gasteiger partial charge in [0.1, 0.15) is 0 Å². The van der Waals surface area contributed by atoms with Crippen molar-refractivity contribution in [2.75, 3.05) is 0 Å². The van der Waals surface area contributed by atoms with Gasteiger partial charge in [-0.3, -0.25) is 4.79 Å². The molecule has 1 heteroatoms. The van der Waals surface area contributed by atoms with Gasteiger partial charge in [0.15, 0.2) is 5.78 Å². The molecular weight excluding hydrogens is 244 g/mol. The molecule has 2 rings (SSSR count). The zero-order valence-corrected chi connectivity index (χ0v) is 12.8. The van der Waals surface area contributed by atoms with E-state index < -0.39 is 0 Å². The lowest BCUT2D eigenvalue weighted by molar-refractivity contribution is 0.103. The van der Waals surface area contributed by atoms with E-state index in [4.69, 9.17) is 0 Å². The molecule has 0 amide bonds. The van der Waals surface area contributed by atoms with Gasteiger partial charge in [0.05, 0.1) is 0 Å². The molecule has 20 heavy (non-hydrogen) atoms. The Hall–Kier alpha value is -1.89. The van der Waals surface area contributed by atoms with Gasteiger partial charge in [-0.05, 0) is 61.1 Å². The minimum Gasteiger partial charge on any atom is -0.289 e. The smallest absolute Gasteiger partial charge is 0.193 e. The number of benzene rings is 2. The molecule has 1 nitrogen and oxygen atoms in total. The zero-order chi connectivity index (χ0) is 14.7. The van der Waals surface area contributed by atoms with Gasteiger partial charge in [-0.2, -0.15) is 0 Å². The quantitative estimate of drug-likeness (QED) is 0.736. The standard InChI is InChI=1S/C19H22O/c1-5-15-9-10-18(12-16(15)6-2)19(20)17-8-7-13(3)14(4)11-17/h7-12H,5-6H2,1-4H3. The zero-order valence-electron chi connectivity index (χ0n) is 12.8. The summed E-state index contributed by atoms with van der Waals surface area (Å²) in [5.41, 5.74) is 6.57. The van der Waals surface area contributed by atoms with Gasteiger partial charge >= 0.3 is 0 Å². The number of aryl methyl sites for hydroxylation is 4. The number of hydrogen-bond acceptors (Lipinski definition) is 1. The van der Waals surface area contributed by atoms with Crippen LogP contribution in [0.1, 0.15) is 52.0 Å². The minimum atomic E-state index is 0.116. The molecule has 2 aromatic rings. The van der Waals surface area contributed by atoms with Gasteiger partial charge < -0.3 is 0 Å². The van der Waals surface area contributed by atoms with E-state index >= 15 is 0 Å². The van der Waals surface area contributed by atoms with Crippen molar-refractivity contribution in [2.45, 2.75) is 40.5 Å². The molecule has 0 heterocycles. The van der Waals surface area contributed by atoms with E-state index in [1.807, 2.05) is 31.2 Å². The monoisotopic (exact) mass is 266 g/mol. The van der Waals surface area contributed by atoms with Crippen molar-refractivity contribution in [3.63, 3.8) is 0 Å². The largest absolute Gasteiger partial charge is 0.289 e. The number of ketones is 1. The Labute approximate surface area is 121 Å². The molecular formula is C19H22O. The van der Waals surface area contributed by atoms with Gasteiger partial charge in [-0.25, -0.2) is 0 Å². The second kappa shape index (κ2) is 6.04. The molecule has 0 aliphatic heterocycles. The highest BCUT2D eigenvalue weighted by atomic mass is 16.1. The first-order valence-corrected chi connectivity index (χ1v) is 7.30. The van der Waals surface area contributed by atoms with E-state index in [-0.39, 0.29) is 5.78 Å². The number of carbonyl (C=O) groups excluding carboxylic acids is 1. The normalized spacial score (nSPS) is 10.6. The molecule has 0 aliphatic rings. The summed E-state index contributed by atoms with van der Waals surface area (Å²) >= 11 is 0. The molecule has 0 aromatic heterocycles. The van der Waals surface area contributed by atoms with Crippen LogP contribution in [0.25, 0.3) is 0 Å². The van der Waals surface area contributed by atoms with Gasteiger partial charge in [0.25, 0.3) is 0 Å². The van der Waals surface area contributed by atoms with Crippen molar-refractivity contribution in [1.82, 2.24) is 0 Å². The molecule has 0 unspecified atom stereocenters. The molecule has 0 bridgehead atoms. The van der Waals surface area contributed by atoms with E-state index in [1.54, 1.807) is 0 Å². The maximum Gasteiger partial charge on any atom is 0.193 e. The topological polar surface area (TPSA) is 17.1 Å². The van der Waals surface area contributed by atoms with Gasteiger partial charge in [0.2, 0.25) is 0 Å². The minimum absolute atomic E-state index is 0.116. The molecule has 0 radical (unpaired) electrons. The Balaban J connectivity index is 2.40. The SMILES string of the molecule is CCc1ccc(C(=O)c2ccc(C)c(C)c2)cc1CC. The van der Waals surface area contributed by atoms with Crippen molar-refractivity contribution < 1.29 is 4.79 Å². The van der Waals surface area contributed by atoms with Crippen molar-refractivity contribution in [1.29, 1.82) is 0 Å². The lowest BCUT2D eigenvalue weighted by Gasteiger charge is -2.09. The summed E-state index contributed by atoms with van der Waals surface area (Å²) in [6, 6.07) is 12.0. The fourth-order valence-corrected chi connectivity index (χ4v) is 2.49. The molecule has 2 aromatic carbocycles. The fourth-order valence-electron chi connectivity index (χ4n) is 2.49. The lowest BCUT2D eigenvalue weighted by Crippen LogP contribution is -2.04. The summed E-state index contributed by atoms with van der Waals surface area (Å²) < 4.78 is 0. The molecule has 0 N–H and O–H groups in total. The fraction of sp³-hybridized carbons (Fsp3) is 0.316. The van der Waals surface area contributed by atoms with Crippen LogP contribution in [0.4, 0.5) is 0 Å². The highest BCUT2D eigenvalue weighted by Crippen LogP contribution is 2.18. The van der Waals surface area contributed by atoms with Gasteiger partial charge in [0, 0.05) is 11.1 Å². The van der Waals surface area contributed by atoms with Crippen molar-refractivity contribution in [3.05, 3.63) is 69.8 Å². The van der Waals surface area contributed by atoms with Crippen LogP contribution in [0.5, 0.6) is 0 Å². The lowest BCUT2D eigenvalue weighted by atomic mass is 9.95. The predicted molar refractivity (Wildman–Crippen MR) is 84.5 cm³/mol. The van der Waals surface area contributed by atoms with E-state index in [2.05, 4.69) is 32.9 Å². The Bertz CT molecular complexity index is 638. The van der Waals surface area contributed by atoms with Gasteiger partial charge in [-0.1, -0.05) is 38.1 Å². The summed E-state index contributed by atoms with van der Waals surface area (Å²) in [5, 5.41) is 0. The summed E-state index contributed by atoms with van der Waals surface area (Å²) in [7, 11) is 0. The Morgan fingerprint density at radius 1 is 0.800 bits per heavy atom. The third-order valence-corrected chi connectivity index (χ3v) is 4.00. The molecule has 0 atom stereocenters. The Morgan fingerprint density at radius 3 is 2.00 bits per heavy atom. The summed E-state index contributed by atoms with van der Waals surface area (Å²) in [5.74, 6) is 0.116. The first-order chi connectivity index (χ1) is 9.56. The molecule has 0 fully saturated rings. The second-order valence-corrected chi connectivity index (χ2v) is 5.32. The molecule has 0 aliphatic carbocycles. The van der Waals surface area contributed by atoms with E-state index in [1.165, 1.54) is 16.7 Å². The van der Waals surface area contributed by atoms with E-state index in [9.17, 15) is 4.79 Å². The second-order valence-electron chi connectivity index (χ2n) is 5.32. The first kappa shape index (κ1) is 14.5. The van der Waals surface area contributed by atoms with Crippen molar-refractivity contribution in [2.24, 2.45) is 0 Å². The van der Waals surface area contributed by atoms with Crippen LogP contribution < -0.4 is 0 Å². The van der Waals surface area contributed by atoms with Crippen LogP contribution in [0, 0.1) is 13.8 Å². The number of hydrogen-bond donors (Lipinski definition) is 0. The predicted octanol–water partition coefficient (Wildman–Crippen LogP) is 4.66. The van der Waals surface area contributed by atoms with Crippen molar-refractivity contribution >= 4 is 5.78 Å². The molecule has 0 saturated heterocycles. The van der Waals surface area contributed by atoms with Crippen LogP contribution in [0.3, 0.4) is 0 Å². The summed E-state index contributed by atoms with van der Waals surface area (Å²) in [6.07, 6.45) is 1.98. The first-order valence-electron chi connectivity index (χ1n) is 7.30. The summed E-state index contributed by atoms with van der Waals surface area (Å²) in [4.78, 5) is 12.6. The van der Waals surface area contributed by atoms with E-state index in [0.717, 1.165) is 29.5 Å². The van der Waals surface area contributed by atoms with Crippen LogP contribution in [-0.4, -0.2) is 5.78 Å². The van der Waals surface area contributed by atoms with Gasteiger partial charge in [-0.15, -0.1) is 0 Å². The van der Waals surface area contributed by atoms with Crippen LogP contribution in [-0.2, 0) is 12.8 Å². The summed E-state index contributed by atoms with van der Waals surface area (Å²) in [6.45, 7) is 8.40. The molecule has 0 spiro atoms. The van der Waals surface area contributed by atoms with E-state index in [0.29, 0.717) is 0 Å². The highest BCUT2D eigenvalue weighted by molar-refractivity contribution is 6.09. The molecule has 0 saturated carbocycles. The number of rotatable bonds is 4. The average molecular weight is 266 g/mol. The highest BCUT2D eigenvalue weighted by Gasteiger charge is 2.11. The Morgan fingerprint density at radius 2 is 1.40 bits per heavy atom. The van der Waals surface area contributed by atoms with Crippen molar-refractivity contribution in [3.8, 4) is 0 Å². The third-order valence-electron chi connectivity index (χ3n) is 4.00. The number of carbonyl (C=O) groups is 1.